The highest BCUT2D eigenvalue weighted by molar-refractivity contribution is 5.19. The third-order valence-electron chi connectivity index (χ3n) is 4.07. The van der Waals surface area contributed by atoms with Gasteiger partial charge in [0.15, 0.2) is 0 Å². The third-order valence-corrected chi connectivity index (χ3v) is 4.07. The van der Waals surface area contributed by atoms with Gasteiger partial charge < -0.3 is 0 Å². The van der Waals surface area contributed by atoms with Crippen molar-refractivity contribution in [1.82, 2.24) is 0 Å². The standard InChI is InChI=1S/C14H22/c1-11(13-7-3-4-8-13)12(2)14-9-5-6-10-14/h7,9,11-12H,3-6,8,10H2,1-2H3. The maximum Gasteiger partial charge on any atom is -0.0169 e. The van der Waals surface area contributed by atoms with Crippen LogP contribution in [0.25, 0.3) is 0 Å². The van der Waals surface area contributed by atoms with Gasteiger partial charge in [-0.25, -0.2) is 0 Å². The molecule has 0 aliphatic heterocycles. The van der Waals surface area contributed by atoms with Crippen LogP contribution in [-0.2, 0) is 0 Å². The lowest BCUT2D eigenvalue weighted by Gasteiger charge is -2.22. The summed E-state index contributed by atoms with van der Waals surface area (Å²) in [5.41, 5.74) is 3.45. The Labute approximate surface area is 88.1 Å². The fourth-order valence-corrected chi connectivity index (χ4v) is 2.86. The minimum atomic E-state index is 0.793. The van der Waals surface area contributed by atoms with Crippen LogP contribution >= 0.6 is 0 Å². The van der Waals surface area contributed by atoms with E-state index in [1.807, 2.05) is 0 Å². The van der Waals surface area contributed by atoms with E-state index in [0.29, 0.717) is 0 Å². The van der Waals surface area contributed by atoms with Gasteiger partial charge in [0, 0.05) is 0 Å². The molecule has 0 saturated carbocycles. The van der Waals surface area contributed by atoms with E-state index in [1.165, 1.54) is 38.5 Å². The van der Waals surface area contributed by atoms with Crippen molar-refractivity contribution < 1.29 is 0 Å². The molecule has 0 aromatic rings. The molecule has 0 fully saturated rings. The quantitative estimate of drug-likeness (QED) is 0.576. The molecule has 2 aliphatic rings. The predicted molar refractivity (Wildman–Crippen MR) is 62.2 cm³/mol. The average molecular weight is 190 g/mol. The molecule has 14 heavy (non-hydrogen) atoms. The number of hydrogen-bond acceptors (Lipinski definition) is 0. The van der Waals surface area contributed by atoms with Gasteiger partial charge in [0.1, 0.15) is 0 Å². The van der Waals surface area contributed by atoms with Crippen LogP contribution in [0.4, 0.5) is 0 Å². The van der Waals surface area contributed by atoms with Gasteiger partial charge in [0.05, 0.1) is 0 Å². The molecule has 0 aromatic carbocycles. The Bertz CT molecular complexity index is 229. The lowest BCUT2D eigenvalue weighted by molar-refractivity contribution is 0.485. The molecule has 0 saturated heterocycles. The molecule has 0 amide bonds. The average Bonchev–Trinajstić information content (AvgIpc) is 2.87. The molecule has 0 heterocycles. The van der Waals surface area contributed by atoms with Crippen LogP contribution in [0.1, 0.15) is 52.4 Å². The predicted octanol–water partition coefficient (Wildman–Crippen LogP) is 4.48. The maximum atomic E-state index is 2.48. The van der Waals surface area contributed by atoms with Crippen LogP contribution < -0.4 is 0 Å². The van der Waals surface area contributed by atoms with E-state index in [2.05, 4.69) is 26.0 Å². The first-order valence-corrected chi connectivity index (χ1v) is 6.17. The Balaban J connectivity index is 1.99. The molecule has 0 radical (unpaired) electrons. The van der Waals surface area contributed by atoms with Crippen molar-refractivity contribution in [3.8, 4) is 0 Å². The Morgan fingerprint density at radius 3 is 1.57 bits per heavy atom. The van der Waals surface area contributed by atoms with Gasteiger partial charge in [-0.15, -0.1) is 0 Å². The largest absolute Gasteiger partial charge is 0.0850 e. The van der Waals surface area contributed by atoms with Crippen LogP contribution in [0, 0.1) is 11.8 Å². The van der Waals surface area contributed by atoms with Crippen LogP contribution in [0.5, 0.6) is 0 Å². The van der Waals surface area contributed by atoms with Crippen molar-refractivity contribution in [2.45, 2.75) is 52.4 Å². The van der Waals surface area contributed by atoms with Gasteiger partial charge in [0.2, 0.25) is 0 Å². The summed E-state index contributed by atoms with van der Waals surface area (Å²) in [5.74, 6) is 1.59. The van der Waals surface area contributed by atoms with Crippen LogP contribution in [-0.4, -0.2) is 0 Å². The minimum absolute atomic E-state index is 0.793. The molecule has 0 aromatic heterocycles. The van der Waals surface area contributed by atoms with Crippen molar-refractivity contribution in [3.63, 3.8) is 0 Å². The summed E-state index contributed by atoms with van der Waals surface area (Å²) in [5, 5.41) is 0. The molecule has 78 valence electrons. The summed E-state index contributed by atoms with van der Waals surface area (Å²) in [6.45, 7) is 4.84. The van der Waals surface area contributed by atoms with E-state index in [0.717, 1.165) is 11.8 Å². The van der Waals surface area contributed by atoms with Crippen LogP contribution in [0.15, 0.2) is 23.3 Å². The van der Waals surface area contributed by atoms with Crippen molar-refractivity contribution in [3.05, 3.63) is 23.3 Å². The highest BCUT2D eigenvalue weighted by atomic mass is 14.3. The Morgan fingerprint density at radius 1 is 0.857 bits per heavy atom. The molecule has 2 atom stereocenters. The zero-order chi connectivity index (χ0) is 9.97. The Kier molecular flexibility index (Phi) is 3.10. The highest BCUT2D eigenvalue weighted by Crippen LogP contribution is 2.36. The molecular weight excluding hydrogens is 168 g/mol. The molecule has 0 heteroatoms. The highest BCUT2D eigenvalue weighted by Gasteiger charge is 2.22. The van der Waals surface area contributed by atoms with Crippen molar-refractivity contribution >= 4 is 0 Å². The van der Waals surface area contributed by atoms with E-state index in [1.54, 1.807) is 11.1 Å². The summed E-state index contributed by atoms with van der Waals surface area (Å²) >= 11 is 0. The second-order valence-corrected chi connectivity index (χ2v) is 4.92. The molecule has 2 rings (SSSR count). The second kappa shape index (κ2) is 4.33. The van der Waals surface area contributed by atoms with E-state index in [-0.39, 0.29) is 0 Å². The van der Waals surface area contributed by atoms with E-state index in [9.17, 15) is 0 Å². The molecule has 2 unspecified atom stereocenters. The van der Waals surface area contributed by atoms with Crippen molar-refractivity contribution in [1.29, 1.82) is 0 Å². The smallest absolute Gasteiger partial charge is 0.0169 e. The molecule has 0 N–H and O–H groups in total. The molecular formula is C14H22. The Morgan fingerprint density at radius 2 is 1.29 bits per heavy atom. The first-order chi connectivity index (χ1) is 6.79. The first kappa shape index (κ1) is 10.0. The van der Waals surface area contributed by atoms with E-state index >= 15 is 0 Å². The first-order valence-electron chi connectivity index (χ1n) is 6.17. The number of allylic oxidation sites excluding steroid dienone is 4. The Hall–Kier alpha value is -0.520. The second-order valence-electron chi connectivity index (χ2n) is 4.92. The van der Waals surface area contributed by atoms with Gasteiger partial charge in [-0.3, -0.25) is 0 Å². The normalized spacial score (nSPS) is 25.9. The monoisotopic (exact) mass is 190 g/mol. The van der Waals surface area contributed by atoms with Gasteiger partial charge in [-0.1, -0.05) is 37.1 Å². The van der Waals surface area contributed by atoms with Crippen molar-refractivity contribution in [2.75, 3.05) is 0 Å². The van der Waals surface area contributed by atoms with Gasteiger partial charge in [-0.2, -0.15) is 0 Å². The number of hydrogen-bond donors (Lipinski definition) is 0. The van der Waals surface area contributed by atoms with E-state index in [4.69, 9.17) is 0 Å². The lowest BCUT2D eigenvalue weighted by atomic mass is 9.83. The van der Waals surface area contributed by atoms with Gasteiger partial charge in [-0.05, 0) is 50.4 Å². The SMILES string of the molecule is CC(C1=CCCC1)C(C)C1=CCCC1. The minimum Gasteiger partial charge on any atom is -0.0850 e. The summed E-state index contributed by atoms with van der Waals surface area (Å²) in [6.07, 6.45) is 13.1. The van der Waals surface area contributed by atoms with Gasteiger partial charge in [0.25, 0.3) is 0 Å². The summed E-state index contributed by atoms with van der Waals surface area (Å²) < 4.78 is 0. The summed E-state index contributed by atoms with van der Waals surface area (Å²) in [7, 11) is 0. The third kappa shape index (κ3) is 1.94. The number of rotatable bonds is 3. The fourth-order valence-electron chi connectivity index (χ4n) is 2.86. The van der Waals surface area contributed by atoms with Crippen LogP contribution in [0.3, 0.4) is 0 Å². The molecule has 0 spiro atoms. The zero-order valence-corrected chi connectivity index (χ0v) is 9.55. The topological polar surface area (TPSA) is 0 Å². The lowest BCUT2D eigenvalue weighted by Crippen LogP contribution is -2.11. The zero-order valence-electron chi connectivity index (χ0n) is 9.55. The van der Waals surface area contributed by atoms with Gasteiger partial charge >= 0.3 is 0 Å². The fraction of sp³-hybridized carbons (Fsp3) is 0.714. The van der Waals surface area contributed by atoms with E-state index < -0.39 is 0 Å². The van der Waals surface area contributed by atoms with Crippen LogP contribution in [0.2, 0.25) is 0 Å². The van der Waals surface area contributed by atoms with Crippen molar-refractivity contribution in [2.24, 2.45) is 11.8 Å². The molecule has 0 nitrogen and oxygen atoms in total. The maximum absolute atomic E-state index is 2.48. The molecule has 0 bridgehead atoms. The summed E-state index contributed by atoms with van der Waals surface area (Å²) in [4.78, 5) is 0. The summed E-state index contributed by atoms with van der Waals surface area (Å²) in [6, 6.07) is 0. The molecule has 2 aliphatic carbocycles.